The van der Waals surface area contributed by atoms with Gasteiger partial charge in [0.05, 0.1) is 11.9 Å². The van der Waals surface area contributed by atoms with Crippen molar-refractivity contribution >= 4 is 26.0 Å². The first kappa shape index (κ1) is 13.7. The Bertz CT molecular complexity index is 430. The lowest BCUT2D eigenvalue weighted by Crippen LogP contribution is -2.28. The van der Waals surface area contributed by atoms with Crippen LogP contribution >= 0.6 is 15.9 Å². The van der Waals surface area contributed by atoms with E-state index in [1.54, 1.807) is 6.92 Å². The van der Waals surface area contributed by atoms with Crippen LogP contribution in [0.5, 0.6) is 0 Å². The zero-order valence-electron chi connectivity index (χ0n) is 9.33. The van der Waals surface area contributed by atoms with E-state index in [2.05, 4.69) is 30.8 Å². The molecule has 0 radical (unpaired) electrons. The Labute approximate surface area is 104 Å². The van der Waals surface area contributed by atoms with Crippen molar-refractivity contribution in [2.45, 2.75) is 25.2 Å². The first-order valence-corrected chi connectivity index (χ1v) is 7.63. The molecule has 0 saturated heterocycles. The fourth-order valence-corrected chi connectivity index (χ4v) is 3.31. The van der Waals surface area contributed by atoms with Gasteiger partial charge in [-0.2, -0.15) is 5.10 Å². The summed E-state index contributed by atoms with van der Waals surface area (Å²) >= 11 is 3.33. The van der Waals surface area contributed by atoms with Gasteiger partial charge >= 0.3 is 0 Å². The highest BCUT2D eigenvalue weighted by molar-refractivity contribution is 9.09. The van der Waals surface area contributed by atoms with Gasteiger partial charge in [-0.1, -0.05) is 22.9 Å². The average Bonchev–Trinajstić information content (AvgIpc) is 2.63. The molecule has 1 atom stereocenters. The molecule has 7 heteroatoms. The fourth-order valence-electron chi connectivity index (χ4n) is 1.23. The number of nitrogens with one attached hydrogen (secondary N) is 2. The Morgan fingerprint density at radius 3 is 2.81 bits per heavy atom. The second kappa shape index (κ2) is 5.79. The van der Waals surface area contributed by atoms with Crippen LogP contribution in [-0.4, -0.2) is 30.5 Å². The Balaban J connectivity index is 2.63. The molecule has 16 heavy (non-hydrogen) atoms. The van der Waals surface area contributed by atoms with Crippen molar-refractivity contribution < 1.29 is 8.42 Å². The summed E-state index contributed by atoms with van der Waals surface area (Å²) in [6.45, 7) is 4.13. The van der Waals surface area contributed by atoms with Gasteiger partial charge in [-0.05, 0) is 19.3 Å². The number of halogens is 1. The highest BCUT2D eigenvalue weighted by atomic mass is 79.9. The normalized spacial score (nSPS) is 13.9. The smallest absolute Gasteiger partial charge is 0.243 e. The molecule has 1 aromatic heterocycles. The van der Waals surface area contributed by atoms with Crippen LogP contribution in [0.1, 0.15) is 19.0 Å². The summed E-state index contributed by atoms with van der Waals surface area (Å²) in [5, 5.41) is 7.19. The van der Waals surface area contributed by atoms with Gasteiger partial charge in [-0.25, -0.2) is 13.1 Å². The monoisotopic (exact) mass is 309 g/mol. The van der Waals surface area contributed by atoms with Gasteiger partial charge in [-0.15, -0.1) is 0 Å². The summed E-state index contributed by atoms with van der Waals surface area (Å²) in [5.41, 5.74) is 0.556. The van der Waals surface area contributed by atoms with Crippen LogP contribution < -0.4 is 4.72 Å². The number of hydrogen-bond acceptors (Lipinski definition) is 3. The SMILES string of the molecule is Cc1[nH]ncc1S(=O)(=O)NCC(C)CCBr. The fraction of sp³-hybridized carbons (Fsp3) is 0.667. The van der Waals surface area contributed by atoms with E-state index in [0.717, 1.165) is 11.8 Å². The molecule has 0 aromatic carbocycles. The van der Waals surface area contributed by atoms with Crippen LogP contribution in [-0.2, 0) is 10.0 Å². The van der Waals surface area contributed by atoms with Gasteiger partial charge in [0.1, 0.15) is 4.90 Å². The number of rotatable bonds is 6. The molecule has 92 valence electrons. The van der Waals surface area contributed by atoms with Crippen molar-refractivity contribution in [3.05, 3.63) is 11.9 Å². The number of sulfonamides is 1. The number of alkyl halides is 1. The zero-order valence-corrected chi connectivity index (χ0v) is 11.7. The molecule has 0 saturated carbocycles. The highest BCUT2D eigenvalue weighted by Crippen LogP contribution is 2.11. The maximum Gasteiger partial charge on any atom is 0.243 e. The third kappa shape index (κ3) is 3.57. The lowest BCUT2D eigenvalue weighted by atomic mass is 10.1. The predicted octanol–water partition coefficient (Wildman–Crippen LogP) is 1.42. The summed E-state index contributed by atoms with van der Waals surface area (Å²) in [4.78, 5) is 0.221. The molecular weight excluding hydrogens is 294 g/mol. The lowest BCUT2D eigenvalue weighted by Gasteiger charge is -2.10. The third-order valence-electron chi connectivity index (χ3n) is 2.30. The van der Waals surface area contributed by atoms with E-state index >= 15 is 0 Å². The van der Waals surface area contributed by atoms with Crippen molar-refractivity contribution in [1.82, 2.24) is 14.9 Å². The largest absolute Gasteiger partial charge is 0.281 e. The van der Waals surface area contributed by atoms with Crippen LogP contribution in [0.2, 0.25) is 0 Å². The molecule has 0 bridgehead atoms. The maximum absolute atomic E-state index is 11.8. The van der Waals surface area contributed by atoms with Crippen molar-refractivity contribution in [1.29, 1.82) is 0 Å². The minimum atomic E-state index is -3.42. The number of aromatic amines is 1. The summed E-state index contributed by atoms with van der Waals surface area (Å²) in [6, 6.07) is 0. The quantitative estimate of drug-likeness (QED) is 0.780. The van der Waals surface area contributed by atoms with Gasteiger partial charge in [0, 0.05) is 11.9 Å². The Morgan fingerprint density at radius 1 is 1.62 bits per heavy atom. The highest BCUT2D eigenvalue weighted by Gasteiger charge is 2.18. The third-order valence-corrected chi connectivity index (χ3v) is 4.29. The van der Waals surface area contributed by atoms with E-state index < -0.39 is 10.0 Å². The number of hydrogen-bond donors (Lipinski definition) is 2. The summed E-state index contributed by atoms with van der Waals surface area (Å²) in [7, 11) is -3.42. The van der Waals surface area contributed by atoms with E-state index in [4.69, 9.17) is 0 Å². The zero-order chi connectivity index (χ0) is 12.2. The van der Waals surface area contributed by atoms with Gasteiger partial charge in [0.2, 0.25) is 10.0 Å². The second-order valence-electron chi connectivity index (χ2n) is 3.79. The molecule has 0 aliphatic carbocycles. The van der Waals surface area contributed by atoms with Crippen molar-refractivity contribution in [3.63, 3.8) is 0 Å². The second-order valence-corrected chi connectivity index (χ2v) is 6.32. The standard InChI is InChI=1S/C9H16BrN3O2S/c1-7(3-4-10)5-12-16(14,15)9-6-11-13-8(9)2/h6-7,12H,3-5H2,1-2H3,(H,11,13). The van der Waals surface area contributed by atoms with Gasteiger partial charge < -0.3 is 0 Å². The van der Waals surface area contributed by atoms with E-state index in [0.29, 0.717) is 18.2 Å². The maximum atomic E-state index is 11.8. The minimum Gasteiger partial charge on any atom is -0.281 e. The number of aryl methyl sites for hydroxylation is 1. The molecule has 1 unspecified atom stereocenters. The van der Waals surface area contributed by atoms with E-state index in [1.165, 1.54) is 6.20 Å². The summed E-state index contributed by atoms with van der Waals surface area (Å²) in [6.07, 6.45) is 2.26. The first-order chi connectivity index (χ1) is 7.47. The number of nitrogens with zero attached hydrogens (tertiary/aromatic N) is 1. The van der Waals surface area contributed by atoms with Crippen molar-refractivity contribution in [3.8, 4) is 0 Å². The molecule has 0 spiro atoms. The molecule has 1 aromatic rings. The van der Waals surface area contributed by atoms with Crippen LogP contribution in [0.15, 0.2) is 11.1 Å². The molecule has 5 nitrogen and oxygen atoms in total. The van der Waals surface area contributed by atoms with E-state index in [1.807, 2.05) is 6.92 Å². The van der Waals surface area contributed by atoms with Crippen LogP contribution in [0.4, 0.5) is 0 Å². The molecule has 2 N–H and O–H groups in total. The molecule has 1 rings (SSSR count). The molecule has 0 aliphatic heterocycles. The molecule has 0 fully saturated rings. The van der Waals surface area contributed by atoms with E-state index in [9.17, 15) is 8.42 Å². The Kier molecular flexibility index (Phi) is 4.94. The topological polar surface area (TPSA) is 74.8 Å². The van der Waals surface area contributed by atoms with Gasteiger partial charge in [0.25, 0.3) is 0 Å². The van der Waals surface area contributed by atoms with Crippen molar-refractivity contribution in [2.24, 2.45) is 5.92 Å². The number of aromatic nitrogens is 2. The van der Waals surface area contributed by atoms with Gasteiger partial charge in [-0.3, -0.25) is 5.10 Å². The van der Waals surface area contributed by atoms with E-state index in [-0.39, 0.29) is 4.90 Å². The predicted molar refractivity (Wildman–Crippen MR) is 66.1 cm³/mol. The summed E-state index contributed by atoms with van der Waals surface area (Å²) in [5.74, 6) is 0.307. The molecule has 0 amide bonds. The lowest BCUT2D eigenvalue weighted by molar-refractivity contribution is 0.531. The summed E-state index contributed by atoms with van der Waals surface area (Å²) < 4.78 is 26.3. The minimum absolute atomic E-state index is 0.221. The molecule has 1 heterocycles. The van der Waals surface area contributed by atoms with Gasteiger partial charge in [0.15, 0.2) is 0 Å². The Morgan fingerprint density at radius 2 is 2.31 bits per heavy atom. The number of H-pyrrole nitrogens is 1. The van der Waals surface area contributed by atoms with Crippen LogP contribution in [0, 0.1) is 12.8 Å². The molecular formula is C9H16BrN3O2S. The first-order valence-electron chi connectivity index (χ1n) is 5.03. The van der Waals surface area contributed by atoms with Crippen molar-refractivity contribution in [2.75, 3.05) is 11.9 Å². The molecule has 0 aliphatic rings. The van der Waals surface area contributed by atoms with Crippen LogP contribution in [0.3, 0.4) is 0 Å². The Hall–Kier alpha value is -0.400. The van der Waals surface area contributed by atoms with Crippen LogP contribution in [0.25, 0.3) is 0 Å². The average molecular weight is 310 g/mol.